The number of aryl methyl sites for hydroxylation is 1. The zero-order valence-electron chi connectivity index (χ0n) is 13.6. The van der Waals surface area contributed by atoms with Gasteiger partial charge < -0.3 is 10.6 Å². The fourth-order valence-corrected chi connectivity index (χ4v) is 3.72. The number of benzene rings is 2. The lowest BCUT2D eigenvalue weighted by Crippen LogP contribution is -2.27. The van der Waals surface area contributed by atoms with Crippen LogP contribution in [0.25, 0.3) is 10.2 Å². The van der Waals surface area contributed by atoms with E-state index in [0.717, 1.165) is 26.6 Å². The van der Waals surface area contributed by atoms with E-state index in [1.54, 1.807) is 34.4 Å². The number of nitrogens with zero attached hydrogens (tertiary/aromatic N) is 2. The van der Waals surface area contributed by atoms with Gasteiger partial charge in [0.25, 0.3) is 5.91 Å². The van der Waals surface area contributed by atoms with Crippen LogP contribution in [0.15, 0.2) is 42.5 Å². The van der Waals surface area contributed by atoms with Gasteiger partial charge in [0.1, 0.15) is 0 Å². The van der Waals surface area contributed by atoms with Gasteiger partial charge in [-0.15, -0.1) is 11.3 Å². The molecule has 0 bridgehead atoms. The van der Waals surface area contributed by atoms with Crippen LogP contribution < -0.4 is 15.5 Å². The quantitative estimate of drug-likeness (QED) is 0.759. The lowest BCUT2D eigenvalue weighted by atomic mass is 10.1. The summed E-state index contributed by atoms with van der Waals surface area (Å²) in [6.07, 6.45) is 0. The number of fused-ring (bicyclic) bond motifs is 1. The Morgan fingerprint density at radius 3 is 2.96 bits per heavy atom. The number of carbonyl (C=O) groups is 2. The van der Waals surface area contributed by atoms with Gasteiger partial charge in [-0.3, -0.25) is 9.69 Å². The third-order valence-corrected chi connectivity index (χ3v) is 4.96. The molecule has 2 heterocycles. The molecule has 0 saturated carbocycles. The van der Waals surface area contributed by atoms with E-state index in [1.807, 2.05) is 31.2 Å². The van der Waals surface area contributed by atoms with Crippen molar-refractivity contribution in [3.8, 4) is 0 Å². The van der Waals surface area contributed by atoms with Crippen molar-refractivity contribution in [1.82, 2.24) is 10.3 Å². The maximum Gasteiger partial charge on any atom is 0.321 e. The molecule has 0 spiro atoms. The van der Waals surface area contributed by atoms with Gasteiger partial charge in [0.15, 0.2) is 0 Å². The van der Waals surface area contributed by atoms with E-state index in [2.05, 4.69) is 15.6 Å². The number of urea groups is 1. The van der Waals surface area contributed by atoms with Crippen LogP contribution in [0.2, 0.25) is 0 Å². The number of hydrogen-bond acceptors (Lipinski definition) is 4. The van der Waals surface area contributed by atoms with Crippen molar-refractivity contribution >= 4 is 44.9 Å². The SMILES string of the molecule is Cc1nc2ccc(NC(=O)c3cccc(N4CCNC4=O)c3)cc2s1. The topological polar surface area (TPSA) is 74.3 Å². The second kappa shape index (κ2) is 6.18. The molecule has 1 aliphatic rings. The van der Waals surface area contributed by atoms with Crippen molar-refractivity contribution in [3.05, 3.63) is 53.0 Å². The molecule has 0 unspecified atom stereocenters. The third kappa shape index (κ3) is 3.06. The largest absolute Gasteiger partial charge is 0.336 e. The summed E-state index contributed by atoms with van der Waals surface area (Å²) in [7, 11) is 0. The van der Waals surface area contributed by atoms with Crippen LogP contribution in [0.1, 0.15) is 15.4 Å². The summed E-state index contributed by atoms with van der Waals surface area (Å²) in [6, 6.07) is 12.6. The molecular formula is C18H16N4O2S. The molecular weight excluding hydrogens is 336 g/mol. The first-order chi connectivity index (χ1) is 12.1. The highest BCUT2D eigenvalue weighted by Gasteiger charge is 2.21. The second-order valence-electron chi connectivity index (χ2n) is 5.80. The lowest BCUT2D eigenvalue weighted by Gasteiger charge is -2.15. The van der Waals surface area contributed by atoms with Gasteiger partial charge in [-0.1, -0.05) is 6.07 Å². The molecule has 1 fully saturated rings. The summed E-state index contributed by atoms with van der Waals surface area (Å²) in [6.45, 7) is 3.18. The number of thiazole rings is 1. The first kappa shape index (κ1) is 15.6. The van der Waals surface area contributed by atoms with E-state index in [-0.39, 0.29) is 11.9 Å². The number of anilines is 2. The predicted molar refractivity (Wildman–Crippen MR) is 99.5 cm³/mol. The smallest absolute Gasteiger partial charge is 0.321 e. The van der Waals surface area contributed by atoms with E-state index in [0.29, 0.717) is 18.7 Å². The van der Waals surface area contributed by atoms with E-state index in [4.69, 9.17) is 0 Å². The number of aromatic nitrogens is 1. The van der Waals surface area contributed by atoms with Gasteiger partial charge in [0.05, 0.1) is 15.2 Å². The maximum absolute atomic E-state index is 12.6. The molecule has 2 aromatic carbocycles. The highest BCUT2D eigenvalue weighted by atomic mass is 32.1. The van der Waals surface area contributed by atoms with Crippen molar-refractivity contribution in [2.75, 3.05) is 23.3 Å². The average Bonchev–Trinajstić information content (AvgIpc) is 3.19. The fraction of sp³-hybridized carbons (Fsp3) is 0.167. The van der Waals surface area contributed by atoms with Gasteiger partial charge >= 0.3 is 6.03 Å². The molecule has 3 amide bonds. The second-order valence-corrected chi connectivity index (χ2v) is 7.04. The first-order valence-corrected chi connectivity index (χ1v) is 8.76. The molecule has 1 aromatic heterocycles. The Hall–Kier alpha value is -2.93. The van der Waals surface area contributed by atoms with Gasteiger partial charge in [-0.2, -0.15) is 0 Å². The Labute approximate surface area is 148 Å². The molecule has 2 N–H and O–H groups in total. The molecule has 0 aliphatic carbocycles. The van der Waals surface area contributed by atoms with Crippen LogP contribution in [-0.4, -0.2) is 30.0 Å². The minimum absolute atomic E-state index is 0.136. The van der Waals surface area contributed by atoms with Gasteiger partial charge in [0.2, 0.25) is 0 Å². The van der Waals surface area contributed by atoms with Gasteiger partial charge in [0, 0.05) is 30.0 Å². The van der Waals surface area contributed by atoms with Crippen LogP contribution in [0.4, 0.5) is 16.2 Å². The Morgan fingerprint density at radius 2 is 2.16 bits per heavy atom. The Bertz CT molecular complexity index is 982. The molecule has 25 heavy (non-hydrogen) atoms. The molecule has 3 aromatic rings. The summed E-state index contributed by atoms with van der Waals surface area (Å²) in [5.41, 5.74) is 2.89. The number of hydrogen-bond donors (Lipinski definition) is 2. The first-order valence-electron chi connectivity index (χ1n) is 7.94. The lowest BCUT2D eigenvalue weighted by molar-refractivity contribution is 0.102. The van der Waals surface area contributed by atoms with Crippen LogP contribution in [0.5, 0.6) is 0 Å². The zero-order chi connectivity index (χ0) is 17.4. The van der Waals surface area contributed by atoms with Gasteiger partial charge in [-0.05, 0) is 43.3 Å². The minimum atomic E-state index is -0.206. The maximum atomic E-state index is 12.6. The number of rotatable bonds is 3. The normalized spacial score (nSPS) is 14.0. The fourth-order valence-electron chi connectivity index (χ4n) is 2.85. The molecule has 0 radical (unpaired) electrons. The van der Waals surface area contributed by atoms with Crippen molar-refractivity contribution in [2.45, 2.75) is 6.92 Å². The summed E-state index contributed by atoms with van der Waals surface area (Å²) >= 11 is 1.60. The highest BCUT2D eigenvalue weighted by molar-refractivity contribution is 7.18. The molecule has 6 nitrogen and oxygen atoms in total. The molecule has 1 saturated heterocycles. The van der Waals surface area contributed by atoms with Gasteiger partial charge in [-0.25, -0.2) is 9.78 Å². The monoisotopic (exact) mass is 352 g/mol. The van der Waals surface area contributed by atoms with Crippen molar-refractivity contribution in [2.24, 2.45) is 0 Å². The molecule has 126 valence electrons. The Kier molecular flexibility index (Phi) is 3.85. The zero-order valence-corrected chi connectivity index (χ0v) is 14.4. The summed E-state index contributed by atoms with van der Waals surface area (Å²) in [4.78, 5) is 30.4. The summed E-state index contributed by atoms with van der Waals surface area (Å²) < 4.78 is 1.04. The van der Waals surface area contributed by atoms with Crippen LogP contribution >= 0.6 is 11.3 Å². The van der Waals surface area contributed by atoms with E-state index < -0.39 is 0 Å². The molecule has 1 aliphatic heterocycles. The number of amides is 3. The minimum Gasteiger partial charge on any atom is -0.336 e. The number of carbonyl (C=O) groups excluding carboxylic acids is 2. The molecule has 7 heteroatoms. The predicted octanol–water partition coefficient (Wildman–Crippen LogP) is 3.39. The number of nitrogens with one attached hydrogen (secondary N) is 2. The Morgan fingerprint density at radius 1 is 1.28 bits per heavy atom. The van der Waals surface area contributed by atoms with E-state index in [1.165, 1.54) is 0 Å². The molecule has 4 rings (SSSR count). The summed E-state index contributed by atoms with van der Waals surface area (Å²) in [5.74, 6) is -0.206. The van der Waals surface area contributed by atoms with Crippen molar-refractivity contribution in [1.29, 1.82) is 0 Å². The van der Waals surface area contributed by atoms with Crippen LogP contribution in [0, 0.1) is 6.92 Å². The summed E-state index contributed by atoms with van der Waals surface area (Å²) in [5, 5.41) is 6.66. The molecule has 0 atom stereocenters. The highest BCUT2D eigenvalue weighted by Crippen LogP contribution is 2.25. The Balaban J connectivity index is 1.56. The van der Waals surface area contributed by atoms with Crippen molar-refractivity contribution in [3.63, 3.8) is 0 Å². The van der Waals surface area contributed by atoms with E-state index >= 15 is 0 Å². The van der Waals surface area contributed by atoms with Crippen molar-refractivity contribution < 1.29 is 9.59 Å². The van der Waals surface area contributed by atoms with Crippen LogP contribution in [-0.2, 0) is 0 Å². The standard InChI is InChI=1S/C18H16N4O2S/c1-11-20-15-6-5-13(10-16(15)25-11)21-17(23)12-3-2-4-14(9-12)22-8-7-19-18(22)24/h2-6,9-10H,7-8H2,1H3,(H,19,24)(H,21,23). The van der Waals surface area contributed by atoms with E-state index in [9.17, 15) is 9.59 Å². The average molecular weight is 352 g/mol. The van der Waals surface area contributed by atoms with Crippen LogP contribution in [0.3, 0.4) is 0 Å². The third-order valence-electron chi connectivity index (χ3n) is 4.03.